The van der Waals surface area contributed by atoms with Crippen molar-refractivity contribution in [1.82, 2.24) is 5.32 Å². The molecule has 3 aromatic rings. The third-order valence-electron chi connectivity index (χ3n) is 4.75. The van der Waals surface area contributed by atoms with E-state index in [1.807, 2.05) is 48.5 Å². The lowest BCUT2D eigenvalue weighted by Crippen LogP contribution is -2.34. The van der Waals surface area contributed by atoms with Crippen molar-refractivity contribution >= 4 is 28.9 Å². The van der Waals surface area contributed by atoms with Gasteiger partial charge in [0.1, 0.15) is 11.5 Å². The minimum Gasteiger partial charge on any atom is -0.493 e. The van der Waals surface area contributed by atoms with Gasteiger partial charge in [-0.2, -0.15) is 0 Å². The van der Waals surface area contributed by atoms with Crippen LogP contribution in [0.3, 0.4) is 0 Å². The zero-order valence-corrected chi connectivity index (χ0v) is 19.9. The fourth-order valence-corrected chi connectivity index (χ4v) is 3.32. The van der Waals surface area contributed by atoms with Crippen LogP contribution in [0, 0.1) is 5.92 Å². The smallest absolute Gasteiger partial charge is 0.257 e. The van der Waals surface area contributed by atoms with Crippen LogP contribution < -0.4 is 20.1 Å². The van der Waals surface area contributed by atoms with E-state index in [0.717, 1.165) is 12.8 Å². The fourth-order valence-electron chi connectivity index (χ4n) is 3.12. The molecule has 33 heavy (non-hydrogen) atoms. The lowest BCUT2D eigenvalue weighted by atomic mass is 10.1. The standard InChI is InChI=1S/C27H30N2O3S/c1-20(2)19-32-23-14-8-13-22(18-23)26(30)29-27(33)28-24-15-6-7-16-25(24)31-17-9-12-21-10-4-3-5-11-21/h3-8,10-11,13-16,18,20H,9,12,17,19H2,1-2H3,(H2,28,29,30,33). The quantitative estimate of drug-likeness (QED) is 0.292. The molecule has 172 valence electrons. The molecule has 5 nitrogen and oxygen atoms in total. The summed E-state index contributed by atoms with van der Waals surface area (Å²) in [4.78, 5) is 12.6. The van der Waals surface area contributed by atoms with Crippen LogP contribution in [0.1, 0.15) is 36.2 Å². The van der Waals surface area contributed by atoms with Gasteiger partial charge in [-0.15, -0.1) is 0 Å². The van der Waals surface area contributed by atoms with Crippen molar-refractivity contribution in [2.45, 2.75) is 26.7 Å². The lowest BCUT2D eigenvalue weighted by Gasteiger charge is -2.15. The SMILES string of the molecule is CC(C)COc1cccc(C(=O)NC(=S)Nc2ccccc2OCCCc2ccccc2)c1. The molecule has 0 radical (unpaired) electrons. The number of amides is 1. The van der Waals surface area contributed by atoms with Crippen LogP contribution in [-0.4, -0.2) is 24.2 Å². The molecule has 6 heteroatoms. The van der Waals surface area contributed by atoms with Gasteiger partial charge in [-0.3, -0.25) is 10.1 Å². The van der Waals surface area contributed by atoms with Gasteiger partial charge in [0.05, 0.1) is 18.9 Å². The van der Waals surface area contributed by atoms with E-state index in [0.29, 0.717) is 41.9 Å². The number of para-hydroxylation sites is 2. The Balaban J connectivity index is 1.52. The van der Waals surface area contributed by atoms with Gasteiger partial charge in [0.15, 0.2) is 5.11 Å². The van der Waals surface area contributed by atoms with Crippen molar-refractivity contribution in [3.8, 4) is 11.5 Å². The zero-order valence-electron chi connectivity index (χ0n) is 19.0. The molecular weight excluding hydrogens is 432 g/mol. The number of aryl methyl sites for hydroxylation is 1. The summed E-state index contributed by atoms with van der Waals surface area (Å²) < 4.78 is 11.7. The van der Waals surface area contributed by atoms with Gasteiger partial charge in [-0.05, 0) is 66.9 Å². The highest BCUT2D eigenvalue weighted by atomic mass is 32.1. The number of anilines is 1. The van der Waals surface area contributed by atoms with Crippen LogP contribution in [0.15, 0.2) is 78.9 Å². The van der Waals surface area contributed by atoms with Crippen molar-refractivity contribution in [3.63, 3.8) is 0 Å². The van der Waals surface area contributed by atoms with Crippen molar-refractivity contribution in [1.29, 1.82) is 0 Å². The van der Waals surface area contributed by atoms with Crippen LogP contribution in [0.4, 0.5) is 5.69 Å². The fraction of sp³-hybridized carbons (Fsp3) is 0.259. The first-order chi connectivity index (χ1) is 16.0. The molecule has 0 atom stereocenters. The first-order valence-electron chi connectivity index (χ1n) is 11.1. The van der Waals surface area contributed by atoms with Gasteiger partial charge in [0.2, 0.25) is 0 Å². The van der Waals surface area contributed by atoms with Crippen LogP contribution in [0.25, 0.3) is 0 Å². The molecule has 2 N–H and O–H groups in total. The second kappa shape index (κ2) is 12.6. The number of carbonyl (C=O) groups is 1. The molecule has 0 aliphatic heterocycles. The van der Waals surface area contributed by atoms with E-state index in [4.69, 9.17) is 21.7 Å². The van der Waals surface area contributed by atoms with Gasteiger partial charge in [0.25, 0.3) is 5.91 Å². The number of carbonyl (C=O) groups excluding carboxylic acids is 1. The van der Waals surface area contributed by atoms with Gasteiger partial charge in [-0.25, -0.2) is 0 Å². The largest absolute Gasteiger partial charge is 0.493 e. The molecule has 1 amide bonds. The highest BCUT2D eigenvalue weighted by Crippen LogP contribution is 2.24. The Hall–Kier alpha value is -3.38. The lowest BCUT2D eigenvalue weighted by molar-refractivity contribution is 0.0977. The monoisotopic (exact) mass is 462 g/mol. The maximum Gasteiger partial charge on any atom is 0.257 e. The van der Waals surface area contributed by atoms with E-state index in [2.05, 4.69) is 36.6 Å². The molecule has 0 heterocycles. The molecule has 0 saturated heterocycles. The normalized spacial score (nSPS) is 10.5. The summed E-state index contributed by atoms with van der Waals surface area (Å²) in [6.07, 6.45) is 1.85. The number of ether oxygens (including phenoxy) is 2. The van der Waals surface area contributed by atoms with Crippen LogP contribution in [0.5, 0.6) is 11.5 Å². The molecule has 0 aliphatic rings. The second-order valence-corrected chi connectivity index (χ2v) is 8.48. The van der Waals surface area contributed by atoms with Gasteiger partial charge < -0.3 is 14.8 Å². The van der Waals surface area contributed by atoms with E-state index in [1.54, 1.807) is 18.2 Å². The topological polar surface area (TPSA) is 59.6 Å². The molecule has 0 spiro atoms. The average molecular weight is 463 g/mol. The van der Waals surface area contributed by atoms with Crippen LogP contribution in [0.2, 0.25) is 0 Å². The predicted octanol–water partition coefficient (Wildman–Crippen LogP) is 5.86. The Labute approximate surface area is 201 Å². The van der Waals surface area contributed by atoms with E-state index in [9.17, 15) is 4.79 Å². The number of thiocarbonyl (C=S) groups is 1. The van der Waals surface area contributed by atoms with Crippen molar-refractivity contribution in [2.75, 3.05) is 18.5 Å². The van der Waals surface area contributed by atoms with Crippen molar-refractivity contribution < 1.29 is 14.3 Å². The number of hydrogen-bond acceptors (Lipinski definition) is 4. The molecule has 0 aliphatic carbocycles. The molecule has 0 saturated carbocycles. The summed E-state index contributed by atoms with van der Waals surface area (Å²) in [6.45, 7) is 5.32. The summed E-state index contributed by atoms with van der Waals surface area (Å²) in [6, 6.07) is 24.9. The summed E-state index contributed by atoms with van der Waals surface area (Å²) in [5.41, 5.74) is 2.47. The minimum atomic E-state index is -0.302. The van der Waals surface area contributed by atoms with E-state index in [1.165, 1.54) is 5.56 Å². The first-order valence-corrected chi connectivity index (χ1v) is 11.5. The Kier molecular flexibility index (Phi) is 9.27. The second-order valence-electron chi connectivity index (χ2n) is 8.07. The van der Waals surface area contributed by atoms with Gasteiger partial charge in [0, 0.05) is 5.56 Å². The molecule has 0 unspecified atom stereocenters. The summed E-state index contributed by atoms with van der Waals surface area (Å²) in [5, 5.41) is 5.99. The van der Waals surface area contributed by atoms with E-state index >= 15 is 0 Å². The Morgan fingerprint density at radius 1 is 0.939 bits per heavy atom. The molecular formula is C27H30N2O3S. The molecule has 0 aromatic heterocycles. The molecule has 3 aromatic carbocycles. The summed E-state index contributed by atoms with van der Waals surface area (Å²) in [5.74, 6) is 1.44. The molecule has 3 rings (SSSR count). The summed E-state index contributed by atoms with van der Waals surface area (Å²) in [7, 11) is 0. The number of benzene rings is 3. The summed E-state index contributed by atoms with van der Waals surface area (Å²) >= 11 is 5.36. The van der Waals surface area contributed by atoms with Gasteiger partial charge >= 0.3 is 0 Å². The van der Waals surface area contributed by atoms with E-state index < -0.39 is 0 Å². The van der Waals surface area contributed by atoms with Crippen molar-refractivity contribution in [3.05, 3.63) is 90.0 Å². The predicted molar refractivity (Wildman–Crippen MR) is 137 cm³/mol. The number of rotatable bonds is 10. The Morgan fingerprint density at radius 2 is 1.70 bits per heavy atom. The third-order valence-corrected chi connectivity index (χ3v) is 4.96. The maximum atomic E-state index is 12.6. The maximum absolute atomic E-state index is 12.6. The molecule has 0 fully saturated rings. The zero-order chi connectivity index (χ0) is 23.5. The number of hydrogen-bond donors (Lipinski definition) is 2. The molecule has 0 bridgehead atoms. The van der Waals surface area contributed by atoms with Crippen molar-refractivity contribution in [2.24, 2.45) is 5.92 Å². The highest BCUT2D eigenvalue weighted by molar-refractivity contribution is 7.80. The van der Waals surface area contributed by atoms with E-state index in [-0.39, 0.29) is 11.0 Å². The van der Waals surface area contributed by atoms with Gasteiger partial charge in [-0.1, -0.05) is 62.4 Å². The highest BCUT2D eigenvalue weighted by Gasteiger charge is 2.11. The average Bonchev–Trinajstić information content (AvgIpc) is 2.82. The third kappa shape index (κ3) is 8.24. The van der Waals surface area contributed by atoms with Crippen LogP contribution in [-0.2, 0) is 6.42 Å². The Morgan fingerprint density at radius 3 is 2.48 bits per heavy atom. The van der Waals surface area contributed by atoms with Crippen LogP contribution >= 0.6 is 12.2 Å². The Bertz CT molecular complexity index is 1050. The minimum absolute atomic E-state index is 0.203. The number of nitrogens with one attached hydrogen (secondary N) is 2. The first kappa shape index (κ1) is 24.3.